The van der Waals surface area contributed by atoms with Crippen LogP contribution in [0.3, 0.4) is 0 Å². The molecule has 0 bridgehead atoms. The van der Waals surface area contributed by atoms with E-state index in [0.29, 0.717) is 11.4 Å². The summed E-state index contributed by atoms with van der Waals surface area (Å²) in [4.78, 5) is 13.5. The van der Waals surface area contributed by atoms with Crippen LogP contribution in [0, 0.1) is 5.92 Å². The lowest BCUT2D eigenvalue weighted by atomic mass is 10.1. The fraction of sp³-hybridized carbons (Fsp3) is 0.417. The third kappa shape index (κ3) is 4.68. The van der Waals surface area contributed by atoms with Crippen molar-refractivity contribution in [3.8, 4) is 0 Å². The van der Waals surface area contributed by atoms with Gasteiger partial charge < -0.3 is 4.90 Å². The lowest BCUT2D eigenvalue weighted by Crippen LogP contribution is -2.27. The molecule has 0 aromatic heterocycles. The molecule has 22 heavy (non-hydrogen) atoms. The van der Waals surface area contributed by atoms with E-state index in [2.05, 4.69) is 4.72 Å². The Balaban J connectivity index is 2.18. The Bertz CT molecular complexity index is 789. The molecule has 2 rings (SSSR count). The van der Waals surface area contributed by atoms with E-state index in [1.807, 2.05) is 0 Å². The minimum atomic E-state index is -3.64. The average Bonchev–Trinajstić information content (AvgIpc) is 2.65. The number of primary sulfonamides is 1. The highest BCUT2D eigenvalue weighted by atomic mass is 32.2. The number of nitrogens with two attached hydrogens (primary N) is 1. The first-order valence-electron chi connectivity index (χ1n) is 6.42. The topological polar surface area (TPSA) is 127 Å². The van der Waals surface area contributed by atoms with Gasteiger partial charge in [-0.3, -0.25) is 9.52 Å². The molecule has 1 aromatic rings. The first-order valence-corrected chi connectivity index (χ1v) is 10.0. The van der Waals surface area contributed by atoms with Crippen LogP contribution in [-0.4, -0.2) is 41.3 Å². The number of nitrogens with one attached hydrogen (secondary N) is 1. The summed E-state index contributed by atoms with van der Waals surface area (Å²) in [5.41, 5.74) is 0.846. The number of carbonyl (C=O) groups excluding carboxylic acids is 1. The Morgan fingerprint density at radius 1 is 1.32 bits per heavy atom. The fourth-order valence-electron chi connectivity index (χ4n) is 2.42. The molecule has 1 amide bonds. The Labute approximate surface area is 129 Å². The highest BCUT2D eigenvalue weighted by molar-refractivity contribution is 7.92. The molecule has 1 fully saturated rings. The van der Waals surface area contributed by atoms with Gasteiger partial charge in [0.1, 0.15) is 0 Å². The number of nitrogens with zero attached hydrogens (tertiary/aromatic N) is 1. The van der Waals surface area contributed by atoms with Crippen molar-refractivity contribution in [1.29, 1.82) is 0 Å². The van der Waals surface area contributed by atoms with Gasteiger partial charge in [0.2, 0.25) is 26.0 Å². The lowest BCUT2D eigenvalue weighted by molar-refractivity contribution is -0.117. The molecule has 122 valence electrons. The predicted molar refractivity (Wildman–Crippen MR) is 83.3 cm³/mol. The smallest absolute Gasteiger partial charge is 0.229 e. The third-order valence-corrected chi connectivity index (χ3v) is 4.68. The van der Waals surface area contributed by atoms with Gasteiger partial charge in [-0.2, -0.15) is 0 Å². The molecule has 0 saturated carbocycles. The molecule has 10 heteroatoms. The zero-order chi connectivity index (χ0) is 16.5. The Morgan fingerprint density at radius 3 is 2.59 bits per heavy atom. The number of sulfonamides is 2. The van der Waals surface area contributed by atoms with E-state index in [1.54, 1.807) is 18.2 Å². The molecule has 1 aliphatic heterocycles. The second-order valence-electron chi connectivity index (χ2n) is 5.33. The number of hydrogen-bond acceptors (Lipinski definition) is 5. The van der Waals surface area contributed by atoms with Gasteiger partial charge >= 0.3 is 0 Å². The molecule has 3 N–H and O–H groups in total. The Hall–Kier alpha value is -1.65. The van der Waals surface area contributed by atoms with Crippen LogP contribution in [0.15, 0.2) is 24.3 Å². The van der Waals surface area contributed by atoms with Crippen LogP contribution in [0.4, 0.5) is 11.4 Å². The van der Waals surface area contributed by atoms with E-state index in [-0.39, 0.29) is 30.5 Å². The molecule has 0 radical (unpaired) electrons. The molecule has 1 aliphatic rings. The SMILES string of the molecule is CS(=O)(=O)Nc1cccc(N2CC(CS(N)(=O)=O)CC2=O)c1. The summed E-state index contributed by atoms with van der Waals surface area (Å²) in [5, 5.41) is 5.00. The zero-order valence-corrected chi connectivity index (χ0v) is 13.5. The third-order valence-electron chi connectivity index (χ3n) is 3.13. The molecular formula is C12H17N3O5S2. The second-order valence-corrected chi connectivity index (χ2v) is 8.74. The largest absolute Gasteiger partial charge is 0.312 e. The summed E-state index contributed by atoms with van der Waals surface area (Å²) in [7, 11) is -7.05. The summed E-state index contributed by atoms with van der Waals surface area (Å²) in [5.74, 6) is -0.838. The van der Waals surface area contributed by atoms with Crippen LogP contribution < -0.4 is 14.8 Å². The highest BCUT2D eigenvalue weighted by Gasteiger charge is 2.32. The van der Waals surface area contributed by atoms with Gasteiger partial charge in [-0.25, -0.2) is 22.0 Å². The maximum absolute atomic E-state index is 12.0. The van der Waals surface area contributed by atoms with Crippen LogP contribution in [0.2, 0.25) is 0 Å². The minimum Gasteiger partial charge on any atom is -0.312 e. The molecule has 1 heterocycles. The van der Waals surface area contributed by atoms with Crippen molar-refractivity contribution >= 4 is 37.3 Å². The van der Waals surface area contributed by atoms with Gasteiger partial charge in [-0.1, -0.05) is 6.07 Å². The zero-order valence-electron chi connectivity index (χ0n) is 11.9. The van der Waals surface area contributed by atoms with Gasteiger partial charge in [0.15, 0.2) is 0 Å². The van der Waals surface area contributed by atoms with E-state index in [0.717, 1.165) is 6.26 Å². The Kier molecular flexibility index (Phi) is 4.45. The normalized spacial score (nSPS) is 19.5. The van der Waals surface area contributed by atoms with E-state index in [9.17, 15) is 21.6 Å². The average molecular weight is 347 g/mol. The van der Waals surface area contributed by atoms with Crippen molar-refractivity contribution in [3.05, 3.63) is 24.3 Å². The van der Waals surface area contributed by atoms with Crippen molar-refractivity contribution in [2.45, 2.75) is 6.42 Å². The van der Waals surface area contributed by atoms with Gasteiger partial charge in [0, 0.05) is 24.6 Å². The number of anilines is 2. The lowest BCUT2D eigenvalue weighted by Gasteiger charge is -2.17. The summed E-state index contributed by atoms with van der Waals surface area (Å²) >= 11 is 0. The summed E-state index contributed by atoms with van der Waals surface area (Å²) in [6.07, 6.45) is 1.13. The van der Waals surface area contributed by atoms with Gasteiger partial charge in [0.05, 0.1) is 17.7 Å². The van der Waals surface area contributed by atoms with Crippen molar-refractivity contribution < 1.29 is 21.6 Å². The maximum atomic E-state index is 12.0. The van der Waals surface area contributed by atoms with Gasteiger partial charge in [-0.15, -0.1) is 0 Å². The molecule has 0 spiro atoms. The quantitative estimate of drug-likeness (QED) is 0.756. The first kappa shape index (κ1) is 16.7. The maximum Gasteiger partial charge on any atom is 0.229 e. The fourth-order valence-corrected chi connectivity index (χ4v) is 3.86. The standard InChI is InChI=1S/C12H17N3O5S2/c1-21(17,18)14-10-3-2-4-11(6-10)15-7-9(5-12(15)16)8-22(13,19)20/h2-4,6,9,14H,5,7-8H2,1H3,(H2,13,19,20). The number of benzene rings is 1. The van der Waals surface area contributed by atoms with Crippen LogP contribution in [0.1, 0.15) is 6.42 Å². The van der Waals surface area contributed by atoms with Crippen molar-refractivity contribution in [3.63, 3.8) is 0 Å². The molecule has 1 saturated heterocycles. The molecule has 1 aromatic carbocycles. The molecule has 1 unspecified atom stereocenters. The van der Waals surface area contributed by atoms with E-state index < -0.39 is 20.0 Å². The highest BCUT2D eigenvalue weighted by Crippen LogP contribution is 2.27. The van der Waals surface area contributed by atoms with Crippen LogP contribution in [0.5, 0.6) is 0 Å². The van der Waals surface area contributed by atoms with Crippen LogP contribution in [-0.2, 0) is 24.8 Å². The summed E-state index contributed by atoms with van der Waals surface area (Å²) in [6.45, 7) is 0.234. The summed E-state index contributed by atoms with van der Waals surface area (Å²) in [6, 6.07) is 6.36. The van der Waals surface area contributed by atoms with Gasteiger partial charge in [0.25, 0.3) is 0 Å². The number of hydrogen-bond donors (Lipinski definition) is 2. The Morgan fingerprint density at radius 2 is 2.00 bits per heavy atom. The van der Waals surface area contributed by atoms with E-state index in [4.69, 9.17) is 5.14 Å². The predicted octanol–water partition coefficient (Wildman–Crippen LogP) is -0.300. The monoisotopic (exact) mass is 347 g/mol. The van der Waals surface area contributed by atoms with Crippen molar-refractivity contribution in [2.24, 2.45) is 11.1 Å². The van der Waals surface area contributed by atoms with Crippen LogP contribution in [0.25, 0.3) is 0 Å². The first-order chi connectivity index (χ1) is 10.0. The minimum absolute atomic E-state index is 0.0974. The van der Waals surface area contributed by atoms with Crippen molar-refractivity contribution in [2.75, 3.05) is 28.2 Å². The molecule has 8 nitrogen and oxygen atoms in total. The molecular weight excluding hydrogens is 330 g/mol. The summed E-state index contributed by atoms with van der Waals surface area (Å²) < 4.78 is 47.0. The number of rotatable bonds is 5. The van der Waals surface area contributed by atoms with Crippen molar-refractivity contribution in [1.82, 2.24) is 0 Å². The number of amides is 1. The van der Waals surface area contributed by atoms with E-state index >= 15 is 0 Å². The van der Waals surface area contributed by atoms with E-state index in [1.165, 1.54) is 11.0 Å². The number of carbonyl (C=O) groups is 1. The molecule has 1 atom stereocenters. The van der Waals surface area contributed by atoms with Crippen LogP contribution >= 0.6 is 0 Å². The van der Waals surface area contributed by atoms with Gasteiger partial charge in [-0.05, 0) is 18.2 Å². The second kappa shape index (κ2) is 5.86. The molecule has 0 aliphatic carbocycles.